The number of nitrogens with zero attached hydrogens (tertiary/aromatic N) is 3. The minimum atomic E-state index is -0.452. The molecule has 0 saturated carbocycles. The van der Waals surface area contributed by atoms with Crippen LogP contribution < -0.4 is 5.32 Å². The number of esters is 1. The smallest absolute Gasteiger partial charge is 0.307 e. The van der Waals surface area contributed by atoms with Gasteiger partial charge < -0.3 is 10.1 Å². The lowest BCUT2D eigenvalue weighted by atomic mass is 10.2. The summed E-state index contributed by atoms with van der Waals surface area (Å²) in [5, 5.41) is 10.2. The summed E-state index contributed by atoms with van der Waals surface area (Å²) in [6.45, 7) is 3.88. The maximum Gasteiger partial charge on any atom is 0.307 e. The van der Waals surface area contributed by atoms with Gasteiger partial charge in [0.1, 0.15) is 5.82 Å². The average molecular weight is 334 g/mol. The number of halogens is 1. The third kappa shape index (κ3) is 4.87. The maximum atomic E-state index is 13.6. The number of carbonyl (C=O) groups excluding carboxylic acids is 2. The van der Waals surface area contributed by atoms with Crippen LogP contribution >= 0.6 is 0 Å². The molecule has 1 aromatic heterocycles. The van der Waals surface area contributed by atoms with Gasteiger partial charge in [0.05, 0.1) is 25.8 Å². The molecule has 0 saturated heterocycles. The molecule has 0 aliphatic rings. The molecule has 24 heavy (non-hydrogen) atoms. The average Bonchev–Trinajstić information content (AvgIpc) is 2.98. The topological polar surface area (TPSA) is 86.1 Å². The summed E-state index contributed by atoms with van der Waals surface area (Å²) >= 11 is 0. The van der Waals surface area contributed by atoms with E-state index in [-0.39, 0.29) is 30.4 Å². The second-order valence-electron chi connectivity index (χ2n) is 5.28. The predicted octanol–water partition coefficient (Wildman–Crippen LogP) is 1.54. The molecule has 0 aliphatic heterocycles. The molecule has 1 amide bonds. The van der Waals surface area contributed by atoms with Gasteiger partial charge in [0, 0.05) is 11.6 Å². The van der Waals surface area contributed by atoms with Crippen molar-refractivity contribution < 1.29 is 18.7 Å². The van der Waals surface area contributed by atoms with Gasteiger partial charge in [-0.3, -0.25) is 9.59 Å². The molecule has 2 aromatic rings. The molecular weight excluding hydrogens is 315 g/mol. The molecule has 1 N–H and O–H groups in total. The summed E-state index contributed by atoms with van der Waals surface area (Å²) in [4.78, 5) is 23.4. The third-order valence-electron chi connectivity index (χ3n) is 3.22. The largest absolute Gasteiger partial charge is 0.466 e. The fourth-order valence-corrected chi connectivity index (χ4v) is 2.10. The quantitative estimate of drug-likeness (QED) is 0.776. The number of hydrogen-bond acceptors (Lipinski definition) is 5. The lowest BCUT2D eigenvalue weighted by molar-refractivity contribution is -0.143. The van der Waals surface area contributed by atoms with Gasteiger partial charge in [-0.15, -0.1) is 5.10 Å². The first-order chi connectivity index (χ1) is 11.5. The molecule has 0 spiro atoms. The predicted molar refractivity (Wildman–Crippen MR) is 83.7 cm³/mol. The Labute approximate surface area is 138 Å². The normalized spacial score (nSPS) is 11.8. The number of rotatable bonds is 7. The number of amides is 1. The van der Waals surface area contributed by atoms with Crippen molar-refractivity contribution in [1.82, 2.24) is 20.3 Å². The molecular formula is C16H19FN4O3. The minimum absolute atomic E-state index is 0.0724. The summed E-state index contributed by atoms with van der Waals surface area (Å²) in [7, 11) is 0. The van der Waals surface area contributed by atoms with E-state index in [4.69, 9.17) is 4.74 Å². The van der Waals surface area contributed by atoms with Gasteiger partial charge in [0.2, 0.25) is 0 Å². The standard InChI is InChI=1S/C16H19FN4O3/c1-3-24-15(22)8-11(2)18-16(23)14-10-21(20-19-14)9-12-6-4-5-7-13(12)17/h4-7,10-11H,3,8-9H2,1-2H3,(H,18,23)/t11-/m0/s1. The van der Waals surface area contributed by atoms with Crippen molar-refractivity contribution >= 4 is 11.9 Å². The van der Waals surface area contributed by atoms with Crippen molar-refractivity contribution in [3.63, 3.8) is 0 Å². The monoisotopic (exact) mass is 334 g/mol. The Hall–Kier alpha value is -2.77. The highest BCUT2D eigenvalue weighted by atomic mass is 19.1. The van der Waals surface area contributed by atoms with Crippen LogP contribution in [0.15, 0.2) is 30.5 Å². The van der Waals surface area contributed by atoms with Crippen LogP contribution in [0.4, 0.5) is 4.39 Å². The number of aromatic nitrogens is 3. The molecule has 0 aliphatic carbocycles. The first-order valence-electron chi connectivity index (χ1n) is 7.59. The fraction of sp³-hybridized carbons (Fsp3) is 0.375. The van der Waals surface area contributed by atoms with E-state index in [1.165, 1.54) is 16.9 Å². The van der Waals surface area contributed by atoms with Gasteiger partial charge in [-0.25, -0.2) is 9.07 Å². The third-order valence-corrected chi connectivity index (χ3v) is 3.22. The fourth-order valence-electron chi connectivity index (χ4n) is 2.10. The lowest BCUT2D eigenvalue weighted by Gasteiger charge is -2.11. The van der Waals surface area contributed by atoms with E-state index < -0.39 is 11.9 Å². The van der Waals surface area contributed by atoms with Crippen molar-refractivity contribution in [2.75, 3.05) is 6.61 Å². The molecule has 0 radical (unpaired) electrons. The van der Waals surface area contributed by atoms with Crippen molar-refractivity contribution in [3.8, 4) is 0 Å². The number of nitrogens with one attached hydrogen (secondary N) is 1. The van der Waals surface area contributed by atoms with Crippen molar-refractivity contribution in [1.29, 1.82) is 0 Å². The van der Waals surface area contributed by atoms with E-state index in [1.54, 1.807) is 32.0 Å². The molecule has 1 atom stereocenters. The summed E-state index contributed by atoms with van der Waals surface area (Å²) < 4.78 is 19.8. The van der Waals surface area contributed by atoms with Gasteiger partial charge in [0.25, 0.3) is 5.91 Å². The Balaban J connectivity index is 1.93. The summed E-state index contributed by atoms with van der Waals surface area (Å²) in [5.41, 5.74) is 0.548. The Kier molecular flexibility index (Phi) is 6.00. The molecule has 0 unspecified atom stereocenters. The van der Waals surface area contributed by atoms with Gasteiger partial charge in [0.15, 0.2) is 5.69 Å². The zero-order valence-corrected chi connectivity index (χ0v) is 13.5. The number of hydrogen-bond donors (Lipinski definition) is 1. The number of carbonyl (C=O) groups is 2. The molecule has 0 bridgehead atoms. The van der Waals surface area contributed by atoms with Crippen LogP contribution in [0.25, 0.3) is 0 Å². The first-order valence-corrected chi connectivity index (χ1v) is 7.59. The van der Waals surface area contributed by atoms with E-state index in [2.05, 4.69) is 15.6 Å². The van der Waals surface area contributed by atoms with Gasteiger partial charge >= 0.3 is 5.97 Å². The Morgan fingerprint density at radius 1 is 1.38 bits per heavy atom. The van der Waals surface area contributed by atoms with Crippen LogP contribution in [-0.2, 0) is 16.1 Å². The highest BCUT2D eigenvalue weighted by Gasteiger charge is 2.16. The van der Waals surface area contributed by atoms with E-state index in [1.807, 2.05) is 0 Å². The molecule has 1 heterocycles. The van der Waals surface area contributed by atoms with Crippen LogP contribution in [-0.4, -0.2) is 39.5 Å². The van der Waals surface area contributed by atoms with Crippen molar-refractivity contribution in [3.05, 3.63) is 47.5 Å². The zero-order chi connectivity index (χ0) is 17.5. The SMILES string of the molecule is CCOC(=O)C[C@H](C)NC(=O)c1cn(Cc2ccccc2F)nn1. The maximum absolute atomic E-state index is 13.6. The van der Waals surface area contributed by atoms with Crippen LogP contribution in [0.3, 0.4) is 0 Å². The molecule has 1 aromatic carbocycles. The Morgan fingerprint density at radius 2 is 2.12 bits per heavy atom. The van der Waals surface area contributed by atoms with Gasteiger partial charge in [-0.1, -0.05) is 23.4 Å². The molecule has 0 fully saturated rings. The second kappa shape index (κ2) is 8.19. The van der Waals surface area contributed by atoms with Crippen molar-refractivity contribution in [2.24, 2.45) is 0 Å². The summed E-state index contributed by atoms with van der Waals surface area (Å²) in [6, 6.07) is 5.92. The van der Waals surface area contributed by atoms with Crippen molar-refractivity contribution in [2.45, 2.75) is 32.9 Å². The molecule has 8 heteroatoms. The van der Waals surface area contributed by atoms with Gasteiger partial charge in [-0.05, 0) is 19.9 Å². The summed E-state index contributed by atoms with van der Waals surface area (Å²) in [5.74, 6) is -1.18. The minimum Gasteiger partial charge on any atom is -0.466 e. The van der Waals surface area contributed by atoms with Crippen LogP contribution in [0.2, 0.25) is 0 Å². The first kappa shape index (κ1) is 17.6. The lowest BCUT2D eigenvalue weighted by Crippen LogP contribution is -2.34. The van der Waals surface area contributed by atoms with Crippen LogP contribution in [0.5, 0.6) is 0 Å². The van der Waals surface area contributed by atoms with E-state index in [0.29, 0.717) is 12.2 Å². The molecule has 7 nitrogen and oxygen atoms in total. The highest BCUT2D eigenvalue weighted by molar-refractivity contribution is 5.92. The number of benzene rings is 1. The Morgan fingerprint density at radius 3 is 2.83 bits per heavy atom. The van der Waals surface area contributed by atoms with Gasteiger partial charge in [-0.2, -0.15) is 0 Å². The number of ether oxygens (including phenoxy) is 1. The highest BCUT2D eigenvalue weighted by Crippen LogP contribution is 2.08. The van der Waals surface area contributed by atoms with E-state index in [9.17, 15) is 14.0 Å². The van der Waals surface area contributed by atoms with E-state index >= 15 is 0 Å². The van der Waals surface area contributed by atoms with E-state index in [0.717, 1.165) is 0 Å². The van der Waals surface area contributed by atoms with Crippen LogP contribution in [0.1, 0.15) is 36.3 Å². The second-order valence-corrected chi connectivity index (χ2v) is 5.28. The molecule has 128 valence electrons. The summed E-state index contributed by atoms with van der Waals surface area (Å²) in [6.07, 6.45) is 1.50. The zero-order valence-electron chi connectivity index (χ0n) is 13.5. The molecule has 2 rings (SSSR count). The van der Waals surface area contributed by atoms with Crippen LogP contribution in [0, 0.1) is 5.82 Å². The Bertz CT molecular complexity index is 717.